The number of benzene rings is 1. The van der Waals surface area contributed by atoms with Gasteiger partial charge in [0.25, 0.3) is 11.6 Å². The first kappa shape index (κ1) is 19.0. The first-order valence-electron chi connectivity index (χ1n) is 9.15. The lowest BCUT2D eigenvalue weighted by Crippen LogP contribution is -2.41. The van der Waals surface area contributed by atoms with Crippen LogP contribution >= 0.6 is 0 Å². The van der Waals surface area contributed by atoms with Gasteiger partial charge in [0, 0.05) is 17.9 Å². The standard InChI is InChI=1S/C19H22N2O6/c1-11(18(23)20-15-7-2-3-8-16(15)21(25)26)27-19(24)14-9-12-5-4-6-13(10-14)17(12)22/h2-3,7-8,11-14H,4-6,9-10H2,1H3,(H,20,23). The fourth-order valence-corrected chi connectivity index (χ4v) is 3.97. The lowest BCUT2D eigenvalue weighted by atomic mass is 9.67. The molecular formula is C19H22N2O6. The monoisotopic (exact) mass is 374 g/mol. The van der Waals surface area contributed by atoms with Crippen molar-refractivity contribution in [3.63, 3.8) is 0 Å². The van der Waals surface area contributed by atoms with Gasteiger partial charge in [-0.2, -0.15) is 0 Å². The highest BCUT2D eigenvalue weighted by Crippen LogP contribution is 2.40. The number of nitrogens with one attached hydrogen (secondary N) is 1. The van der Waals surface area contributed by atoms with Gasteiger partial charge in [-0.1, -0.05) is 18.6 Å². The molecule has 0 aromatic heterocycles. The van der Waals surface area contributed by atoms with Gasteiger partial charge in [0.1, 0.15) is 11.5 Å². The van der Waals surface area contributed by atoms with Crippen molar-refractivity contribution in [3.05, 3.63) is 34.4 Å². The number of anilines is 1. The van der Waals surface area contributed by atoms with Gasteiger partial charge in [-0.15, -0.1) is 0 Å². The number of amides is 1. The third kappa shape index (κ3) is 4.15. The zero-order valence-electron chi connectivity index (χ0n) is 15.1. The topological polar surface area (TPSA) is 116 Å². The summed E-state index contributed by atoms with van der Waals surface area (Å²) in [7, 11) is 0. The third-order valence-electron chi connectivity index (χ3n) is 5.40. The largest absolute Gasteiger partial charge is 0.452 e. The van der Waals surface area contributed by atoms with Crippen molar-refractivity contribution < 1.29 is 24.0 Å². The van der Waals surface area contributed by atoms with Crippen LogP contribution in [0.5, 0.6) is 0 Å². The van der Waals surface area contributed by atoms with Crippen molar-refractivity contribution in [2.24, 2.45) is 17.8 Å². The third-order valence-corrected chi connectivity index (χ3v) is 5.40. The highest BCUT2D eigenvalue weighted by molar-refractivity contribution is 5.97. The van der Waals surface area contributed by atoms with Crippen molar-refractivity contribution in [1.82, 2.24) is 0 Å². The van der Waals surface area contributed by atoms with Crippen LogP contribution in [-0.4, -0.2) is 28.7 Å². The van der Waals surface area contributed by atoms with Crippen LogP contribution in [0, 0.1) is 27.9 Å². The van der Waals surface area contributed by atoms with Crippen molar-refractivity contribution >= 4 is 29.0 Å². The van der Waals surface area contributed by atoms with Gasteiger partial charge in [0.2, 0.25) is 0 Å². The van der Waals surface area contributed by atoms with Gasteiger partial charge in [-0.3, -0.25) is 24.5 Å². The molecule has 1 amide bonds. The first-order chi connectivity index (χ1) is 12.9. The maximum absolute atomic E-state index is 12.5. The Morgan fingerprint density at radius 3 is 2.48 bits per heavy atom. The average Bonchev–Trinajstić information content (AvgIpc) is 2.61. The van der Waals surface area contributed by atoms with E-state index in [-0.39, 0.29) is 34.9 Å². The molecule has 8 nitrogen and oxygen atoms in total. The smallest absolute Gasteiger partial charge is 0.309 e. The van der Waals surface area contributed by atoms with E-state index in [0.29, 0.717) is 12.8 Å². The minimum Gasteiger partial charge on any atom is -0.452 e. The number of hydrogen-bond acceptors (Lipinski definition) is 6. The Bertz CT molecular complexity index is 761. The molecule has 1 aromatic carbocycles. The molecule has 3 atom stereocenters. The van der Waals surface area contributed by atoms with E-state index in [4.69, 9.17) is 4.74 Å². The first-order valence-corrected chi connectivity index (χ1v) is 9.15. The number of fused-ring (bicyclic) bond motifs is 2. The summed E-state index contributed by atoms with van der Waals surface area (Å²) >= 11 is 0. The van der Waals surface area contributed by atoms with Crippen LogP contribution in [0.3, 0.4) is 0 Å². The molecule has 2 fully saturated rings. The average molecular weight is 374 g/mol. The molecule has 1 aromatic rings. The van der Waals surface area contributed by atoms with Crippen molar-refractivity contribution in [2.45, 2.75) is 45.1 Å². The minimum atomic E-state index is -1.09. The number of nitro groups is 1. The van der Waals surface area contributed by atoms with Crippen LogP contribution in [0.25, 0.3) is 0 Å². The Morgan fingerprint density at radius 2 is 1.85 bits per heavy atom. The summed E-state index contributed by atoms with van der Waals surface area (Å²) < 4.78 is 5.29. The molecule has 2 aliphatic carbocycles. The second-order valence-corrected chi connectivity index (χ2v) is 7.24. The molecular weight excluding hydrogens is 352 g/mol. The number of nitrogens with zero attached hydrogens (tertiary/aromatic N) is 1. The molecule has 1 N–H and O–H groups in total. The number of nitro benzene ring substituents is 1. The summed E-state index contributed by atoms with van der Waals surface area (Å²) in [6.07, 6.45) is 2.51. The SMILES string of the molecule is CC(OC(=O)C1CC2CCCC(C1)C2=O)C(=O)Nc1ccccc1[N+](=O)[O-]. The highest BCUT2D eigenvalue weighted by Gasteiger charge is 2.42. The number of ether oxygens (including phenoxy) is 1. The second kappa shape index (κ2) is 7.85. The van der Waals surface area contributed by atoms with Gasteiger partial charge in [-0.05, 0) is 38.7 Å². The van der Waals surface area contributed by atoms with Crippen LogP contribution in [0.15, 0.2) is 24.3 Å². The zero-order chi connectivity index (χ0) is 19.6. The summed E-state index contributed by atoms with van der Waals surface area (Å²) in [5.41, 5.74) is -0.184. The molecule has 8 heteroatoms. The summed E-state index contributed by atoms with van der Waals surface area (Å²) in [5, 5.41) is 13.5. The highest BCUT2D eigenvalue weighted by atomic mass is 16.6. The van der Waals surface area contributed by atoms with Crippen molar-refractivity contribution in [3.8, 4) is 0 Å². The molecule has 2 bridgehead atoms. The van der Waals surface area contributed by atoms with Crippen LogP contribution < -0.4 is 5.32 Å². The van der Waals surface area contributed by atoms with Crippen LogP contribution in [0.4, 0.5) is 11.4 Å². The Hall–Kier alpha value is -2.77. The Labute approximate surface area is 156 Å². The Morgan fingerprint density at radius 1 is 1.22 bits per heavy atom. The van der Waals surface area contributed by atoms with E-state index in [9.17, 15) is 24.5 Å². The zero-order valence-corrected chi connectivity index (χ0v) is 15.1. The quantitative estimate of drug-likeness (QED) is 0.481. The van der Waals surface area contributed by atoms with Gasteiger partial charge in [-0.25, -0.2) is 0 Å². The fraction of sp³-hybridized carbons (Fsp3) is 0.526. The van der Waals surface area contributed by atoms with E-state index in [0.717, 1.165) is 19.3 Å². The van der Waals surface area contributed by atoms with Crippen molar-refractivity contribution in [1.29, 1.82) is 0 Å². The second-order valence-electron chi connectivity index (χ2n) is 7.24. The number of carbonyl (C=O) groups is 3. The predicted octanol–water partition coefficient (Wildman–Crippen LogP) is 2.86. The number of para-hydroxylation sites is 2. The van der Waals surface area contributed by atoms with Crippen LogP contribution in [0.1, 0.15) is 39.0 Å². The minimum absolute atomic E-state index is 0.0493. The lowest BCUT2D eigenvalue weighted by Gasteiger charge is -2.36. The number of esters is 1. The molecule has 3 unspecified atom stereocenters. The van der Waals surface area contributed by atoms with E-state index in [2.05, 4.69) is 5.32 Å². The van der Waals surface area contributed by atoms with E-state index in [1.807, 2.05) is 0 Å². The van der Waals surface area contributed by atoms with Crippen molar-refractivity contribution in [2.75, 3.05) is 5.32 Å². The Balaban J connectivity index is 1.59. The molecule has 27 heavy (non-hydrogen) atoms. The maximum Gasteiger partial charge on any atom is 0.309 e. The summed E-state index contributed by atoms with van der Waals surface area (Å²) in [6.45, 7) is 1.43. The lowest BCUT2D eigenvalue weighted by molar-refractivity contribution is -0.383. The summed E-state index contributed by atoms with van der Waals surface area (Å²) in [5.74, 6) is -1.39. The summed E-state index contributed by atoms with van der Waals surface area (Å²) in [6, 6.07) is 5.76. The Kier molecular flexibility index (Phi) is 5.53. The number of Topliss-reactive ketones (excluding diaryl/α,β-unsaturated/α-hetero) is 1. The number of hydrogen-bond donors (Lipinski definition) is 1. The maximum atomic E-state index is 12.5. The van der Waals surface area contributed by atoms with E-state index < -0.39 is 22.9 Å². The number of rotatable bonds is 5. The summed E-state index contributed by atoms with van der Waals surface area (Å²) in [4.78, 5) is 47.3. The normalized spacial score (nSPS) is 25.4. The number of carbonyl (C=O) groups excluding carboxylic acids is 3. The van der Waals surface area contributed by atoms with Gasteiger partial charge in [0.05, 0.1) is 10.8 Å². The molecule has 144 valence electrons. The molecule has 2 aliphatic rings. The fourth-order valence-electron chi connectivity index (χ4n) is 3.97. The number of ketones is 1. The molecule has 0 radical (unpaired) electrons. The van der Waals surface area contributed by atoms with Gasteiger partial charge in [0.15, 0.2) is 6.10 Å². The van der Waals surface area contributed by atoms with E-state index in [1.165, 1.54) is 25.1 Å². The van der Waals surface area contributed by atoms with Gasteiger partial charge < -0.3 is 10.1 Å². The van der Waals surface area contributed by atoms with E-state index >= 15 is 0 Å². The van der Waals surface area contributed by atoms with Gasteiger partial charge >= 0.3 is 5.97 Å². The van der Waals surface area contributed by atoms with E-state index in [1.54, 1.807) is 6.07 Å². The molecule has 0 saturated heterocycles. The van der Waals surface area contributed by atoms with Crippen LogP contribution in [0.2, 0.25) is 0 Å². The molecule has 0 spiro atoms. The molecule has 0 aliphatic heterocycles. The predicted molar refractivity (Wildman–Crippen MR) is 95.8 cm³/mol. The molecule has 3 rings (SSSR count). The molecule has 2 saturated carbocycles. The molecule has 0 heterocycles. The van der Waals surface area contributed by atoms with Crippen LogP contribution in [-0.2, 0) is 19.1 Å².